The van der Waals surface area contributed by atoms with Crippen molar-refractivity contribution in [2.75, 3.05) is 0 Å². The molecule has 4 rings (SSSR count). The van der Waals surface area contributed by atoms with Crippen molar-refractivity contribution in [1.29, 1.82) is 0 Å². The van der Waals surface area contributed by atoms with Gasteiger partial charge in [0.2, 0.25) is 0 Å². The highest BCUT2D eigenvalue weighted by Crippen LogP contribution is 2.41. The van der Waals surface area contributed by atoms with Crippen LogP contribution < -0.4 is 0 Å². The van der Waals surface area contributed by atoms with Crippen molar-refractivity contribution in [3.8, 4) is 11.1 Å². The first kappa shape index (κ1) is 22.0. The van der Waals surface area contributed by atoms with Crippen LogP contribution in [0.4, 0.5) is 13.2 Å². The second kappa shape index (κ2) is 9.48. The Balaban J connectivity index is 1.43. The lowest BCUT2D eigenvalue weighted by molar-refractivity contribution is 0.296. The molecule has 1 aliphatic carbocycles. The zero-order chi connectivity index (χ0) is 22.0. The summed E-state index contributed by atoms with van der Waals surface area (Å²) in [6, 6.07) is 17.2. The van der Waals surface area contributed by atoms with Crippen molar-refractivity contribution in [3.63, 3.8) is 0 Å². The standard InChI is InChI=1S/C27H26ClF3/c1-17(19-5-3-2-4-6-19)13-18-7-9-20(10-8-18)22-15-25(30)27(26(31)16-22)21-11-12-23(28)24(29)14-21/h2-6,11-12,14-18,20H,7-10,13H2,1H3/t17-,18?,20?/m0/s1. The summed E-state index contributed by atoms with van der Waals surface area (Å²) in [6.07, 6.45) is 5.13. The van der Waals surface area contributed by atoms with Gasteiger partial charge < -0.3 is 0 Å². The average Bonchev–Trinajstić information content (AvgIpc) is 2.77. The molecule has 1 atom stereocenters. The second-order valence-corrected chi connectivity index (χ2v) is 9.16. The van der Waals surface area contributed by atoms with Gasteiger partial charge in [0.25, 0.3) is 0 Å². The van der Waals surface area contributed by atoms with E-state index in [1.165, 1.54) is 29.8 Å². The van der Waals surface area contributed by atoms with Crippen molar-refractivity contribution < 1.29 is 13.2 Å². The molecule has 31 heavy (non-hydrogen) atoms. The quantitative estimate of drug-likeness (QED) is 0.370. The highest BCUT2D eigenvalue weighted by atomic mass is 35.5. The number of benzene rings is 3. The third-order valence-electron chi connectivity index (χ3n) is 6.65. The van der Waals surface area contributed by atoms with Crippen LogP contribution in [0.2, 0.25) is 5.02 Å². The molecule has 0 aromatic heterocycles. The number of hydrogen-bond donors (Lipinski definition) is 0. The smallest absolute Gasteiger partial charge is 0.142 e. The molecule has 3 aromatic carbocycles. The fourth-order valence-corrected chi connectivity index (χ4v) is 5.02. The van der Waals surface area contributed by atoms with E-state index >= 15 is 0 Å². The van der Waals surface area contributed by atoms with E-state index in [0.717, 1.165) is 38.2 Å². The van der Waals surface area contributed by atoms with E-state index < -0.39 is 17.5 Å². The first-order chi connectivity index (χ1) is 14.9. The maximum Gasteiger partial charge on any atom is 0.142 e. The Kier molecular flexibility index (Phi) is 6.71. The van der Waals surface area contributed by atoms with E-state index in [1.54, 1.807) is 0 Å². The SMILES string of the molecule is C[C@@H](CC1CCC(c2cc(F)c(-c3ccc(Cl)c(F)c3)c(F)c2)CC1)c1ccccc1. The molecule has 0 bridgehead atoms. The molecule has 0 radical (unpaired) electrons. The van der Waals surface area contributed by atoms with Crippen molar-refractivity contribution in [2.45, 2.75) is 50.9 Å². The zero-order valence-electron chi connectivity index (χ0n) is 17.6. The molecule has 0 amide bonds. The lowest BCUT2D eigenvalue weighted by Crippen LogP contribution is -2.15. The highest BCUT2D eigenvalue weighted by Gasteiger charge is 2.26. The second-order valence-electron chi connectivity index (χ2n) is 8.75. The monoisotopic (exact) mass is 442 g/mol. The van der Waals surface area contributed by atoms with E-state index in [2.05, 4.69) is 31.2 Å². The molecule has 4 heteroatoms. The topological polar surface area (TPSA) is 0 Å². The van der Waals surface area contributed by atoms with E-state index in [0.29, 0.717) is 17.4 Å². The summed E-state index contributed by atoms with van der Waals surface area (Å²) in [5.41, 5.74) is 2.01. The number of rotatable bonds is 5. The third kappa shape index (κ3) is 4.98. The molecule has 162 valence electrons. The van der Waals surface area contributed by atoms with Gasteiger partial charge in [-0.2, -0.15) is 0 Å². The van der Waals surface area contributed by atoms with Crippen LogP contribution in [0.25, 0.3) is 11.1 Å². The van der Waals surface area contributed by atoms with Gasteiger partial charge >= 0.3 is 0 Å². The fraction of sp³-hybridized carbons (Fsp3) is 0.333. The summed E-state index contributed by atoms with van der Waals surface area (Å²) < 4.78 is 43.4. The van der Waals surface area contributed by atoms with Crippen LogP contribution in [0, 0.1) is 23.4 Å². The Labute approximate surface area is 187 Å². The lowest BCUT2D eigenvalue weighted by Gasteiger charge is -2.30. The summed E-state index contributed by atoms with van der Waals surface area (Å²) in [5.74, 6) is -0.698. The van der Waals surface area contributed by atoms with Crippen molar-refractivity contribution in [3.05, 3.63) is 94.3 Å². The van der Waals surface area contributed by atoms with Gasteiger partial charge in [-0.05, 0) is 90.8 Å². The summed E-state index contributed by atoms with van der Waals surface area (Å²) in [4.78, 5) is 0. The maximum atomic E-state index is 14.8. The molecule has 0 N–H and O–H groups in total. The van der Waals surface area contributed by atoms with Crippen LogP contribution in [0.3, 0.4) is 0 Å². The van der Waals surface area contributed by atoms with Crippen molar-refractivity contribution in [1.82, 2.24) is 0 Å². The Morgan fingerprint density at radius 2 is 1.48 bits per heavy atom. The normalized spacial score (nSPS) is 19.9. The molecule has 0 saturated heterocycles. The van der Waals surface area contributed by atoms with Crippen molar-refractivity contribution in [2.24, 2.45) is 5.92 Å². The van der Waals surface area contributed by atoms with E-state index in [4.69, 9.17) is 11.6 Å². The predicted molar refractivity (Wildman–Crippen MR) is 121 cm³/mol. The number of hydrogen-bond acceptors (Lipinski definition) is 0. The van der Waals surface area contributed by atoms with E-state index in [1.807, 2.05) is 6.07 Å². The molecule has 1 saturated carbocycles. The molecule has 3 aromatic rings. The summed E-state index contributed by atoms with van der Waals surface area (Å²) in [5, 5.41) is -0.0699. The van der Waals surface area contributed by atoms with E-state index in [-0.39, 0.29) is 22.1 Å². The average molecular weight is 443 g/mol. The van der Waals surface area contributed by atoms with Crippen LogP contribution in [-0.4, -0.2) is 0 Å². The predicted octanol–water partition coefficient (Wildman–Crippen LogP) is 8.89. The van der Waals surface area contributed by atoms with Crippen LogP contribution in [0.15, 0.2) is 60.7 Å². The minimum atomic E-state index is -0.690. The lowest BCUT2D eigenvalue weighted by atomic mass is 9.75. The molecule has 0 heterocycles. The molecule has 1 aliphatic rings. The largest absolute Gasteiger partial charge is 0.206 e. The number of halogens is 4. The van der Waals surface area contributed by atoms with Crippen LogP contribution in [0.5, 0.6) is 0 Å². The van der Waals surface area contributed by atoms with Crippen molar-refractivity contribution >= 4 is 11.6 Å². The molecular weight excluding hydrogens is 417 g/mol. The van der Waals surface area contributed by atoms with Gasteiger partial charge in [-0.3, -0.25) is 0 Å². The molecule has 1 fully saturated rings. The first-order valence-corrected chi connectivity index (χ1v) is 11.3. The first-order valence-electron chi connectivity index (χ1n) is 10.9. The van der Waals surface area contributed by atoms with Gasteiger partial charge in [-0.15, -0.1) is 0 Å². The maximum absolute atomic E-state index is 14.8. The van der Waals surface area contributed by atoms with Gasteiger partial charge in [0.05, 0.1) is 10.6 Å². The Morgan fingerprint density at radius 3 is 2.10 bits per heavy atom. The minimum Gasteiger partial charge on any atom is -0.206 e. The van der Waals surface area contributed by atoms with Gasteiger partial charge in [-0.25, -0.2) is 13.2 Å². The van der Waals surface area contributed by atoms with Crippen LogP contribution in [-0.2, 0) is 0 Å². The fourth-order valence-electron chi connectivity index (χ4n) is 4.90. The highest BCUT2D eigenvalue weighted by molar-refractivity contribution is 6.30. The van der Waals surface area contributed by atoms with Gasteiger partial charge in [-0.1, -0.05) is 54.9 Å². The third-order valence-corrected chi connectivity index (χ3v) is 6.95. The Hall–Kier alpha value is -2.26. The molecule has 0 nitrogen and oxygen atoms in total. The van der Waals surface area contributed by atoms with Crippen LogP contribution >= 0.6 is 11.6 Å². The molecule has 0 spiro atoms. The molecule has 0 aliphatic heterocycles. The van der Waals surface area contributed by atoms with E-state index in [9.17, 15) is 13.2 Å². The minimum absolute atomic E-state index is 0.0699. The van der Waals surface area contributed by atoms with Crippen LogP contribution in [0.1, 0.15) is 62.0 Å². The molecule has 0 unspecified atom stereocenters. The van der Waals surface area contributed by atoms with Gasteiger partial charge in [0, 0.05) is 0 Å². The Bertz CT molecular complexity index is 1020. The van der Waals surface area contributed by atoms with Gasteiger partial charge in [0.1, 0.15) is 17.5 Å². The molecular formula is C27H26ClF3. The van der Waals surface area contributed by atoms with Gasteiger partial charge in [0.15, 0.2) is 0 Å². The summed E-state index contributed by atoms with van der Waals surface area (Å²) >= 11 is 5.69. The summed E-state index contributed by atoms with van der Waals surface area (Å²) in [7, 11) is 0. The zero-order valence-corrected chi connectivity index (χ0v) is 18.3. The Morgan fingerprint density at radius 1 is 0.839 bits per heavy atom. The summed E-state index contributed by atoms with van der Waals surface area (Å²) in [6.45, 7) is 2.27.